The van der Waals surface area contributed by atoms with E-state index in [1.807, 2.05) is 0 Å². The standard InChI is InChI=1S/C28H32F3N7O4/c1-26(2,3)42-25(41)37-12-8-27(7-10-32,9-13-37)36-20-6-11-34-23(39)21(20)22(33)35-18-4-5-19-17(14-18)15-38(24(19)40)16-28(29,30)31/h4-6,11,14H,7-9,12-13,15-16H2,1-3H3,(H2,33,35)(H2,34,36,39). The number of aromatic nitrogens is 1. The minimum atomic E-state index is -4.53. The number of H-pyrrole nitrogens is 1. The van der Waals surface area contributed by atoms with Gasteiger partial charge in [-0.05, 0) is 63.4 Å². The van der Waals surface area contributed by atoms with E-state index in [1.165, 1.54) is 24.4 Å². The fourth-order valence-corrected chi connectivity index (χ4v) is 5.04. The molecule has 0 aliphatic carbocycles. The van der Waals surface area contributed by atoms with Crippen molar-refractivity contribution in [2.75, 3.05) is 25.0 Å². The highest BCUT2D eigenvalue weighted by atomic mass is 19.4. The van der Waals surface area contributed by atoms with Crippen LogP contribution in [0.1, 0.15) is 61.5 Å². The summed E-state index contributed by atoms with van der Waals surface area (Å²) >= 11 is 0. The van der Waals surface area contributed by atoms with Crippen LogP contribution in [0.5, 0.6) is 0 Å². The summed E-state index contributed by atoms with van der Waals surface area (Å²) in [6, 6.07) is 8.06. The van der Waals surface area contributed by atoms with E-state index in [0.717, 1.165) is 0 Å². The minimum absolute atomic E-state index is 0.0136. The minimum Gasteiger partial charge on any atom is -0.444 e. The first-order valence-corrected chi connectivity index (χ1v) is 13.3. The summed E-state index contributed by atoms with van der Waals surface area (Å²) < 4.78 is 44.1. The predicted molar refractivity (Wildman–Crippen MR) is 148 cm³/mol. The number of halogens is 3. The molecule has 2 aromatic rings. The van der Waals surface area contributed by atoms with Crippen molar-refractivity contribution in [1.82, 2.24) is 14.8 Å². The molecule has 0 spiro atoms. The van der Waals surface area contributed by atoms with E-state index < -0.39 is 41.4 Å². The highest BCUT2D eigenvalue weighted by Crippen LogP contribution is 2.33. The molecule has 2 amide bonds. The van der Waals surface area contributed by atoms with E-state index in [0.29, 0.717) is 42.1 Å². The molecule has 0 atom stereocenters. The van der Waals surface area contributed by atoms with Crippen molar-refractivity contribution in [3.8, 4) is 6.07 Å². The Bertz CT molecular complexity index is 1500. The van der Waals surface area contributed by atoms with Crippen LogP contribution in [0.2, 0.25) is 0 Å². The molecule has 2 aliphatic rings. The largest absolute Gasteiger partial charge is 0.444 e. The van der Waals surface area contributed by atoms with Crippen LogP contribution in [0.3, 0.4) is 0 Å². The van der Waals surface area contributed by atoms with E-state index in [-0.39, 0.29) is 35.6 Å². The molecule has 1 fully saturated rings. The Hall–Kier alpha value is -4.54. The maximum absolute atomic E-state index is 12.9. The van der Waals surface area contributed by atoms with Gasteiger partial charge in [0.05, 0.1) is 29.4 Å². The third-order valence-electron chi connectivity index (χ3n) is 6.99. The molecule has 4 N–H and O–H groups in total. The van der Waals surface area contributed by atoms with Gasteiger partial charge in [0.2, 0.25) is 0 Å². The van der Waals surface area contributed by atoms with Crippen LogP contribution in [-0.2, 0) is 11.3 Å². The molecule has 0 bridgehead atoms. The van der Waals surface area contributed by atoms with Gasteiger partial charge in [-0.1, -0.05) is 0 Å². The Balaban J connectivity index is 1.57. The number of hydrogen-bond donors (Lipinski definition) is 3. The molecule has 14 heteroatoms. The lowest BCUT2D eigenvalue weighted by Gasteiger charge is -2.42. The van der Waals surface area contributed by atoms with E-state index >= 15 is 0 Å². The number of anilines is 1. The number of carbonyl (C=O) groups is 2. The Labute approximate surface area is 240 Å². The van der Waals surface area contributed by atoms with E-state index in [4.69, 9.17) is 10.5 Å². The van der Waals surface area contributed by atoms with Crippen LogP contribution in [0.25, 0.3) is 0 Å². The zero-order valence-electron chi connectivity index (χ0n) is 23.5. The third kappa shape index (κ3) is 7.02. The van der Waals surface area contributed by atoms with Gasteiger partial charge < -0.3 is 30.6 Å². The molecule has 224 valence electrons. The van der Waals surface area contributed by atoms with Crippen molar-refractivity contribution in [1.29, 1.82) is 5.26 Å². The lowest BCUT2D eigenvalue weighted by Crippen LogP contribution is -2.52. The van der Waals surface area contributed by atoms with Crippen molar-refractivity contribution >= 4 is 29.2 Å². The first-order chi connectivity index (χ1) is 19.6. The Morgan fingerprint density at radius 3 is 2.52 bits per heavy atom. The lowest BCUT2D eigenvalue weighted by molar-refractivity contribution is -0.140. The number of nitrogens with two attached hydrogens (primary N) is 1. The molecule has 42 heavy (non-hydrogen) atoms. The quantitative estimate of drug-likeness (QED) is 0.340. The van der Waals surface area contributed by atoms with Gasteiger partial charge in [0.15, 0.2) is 0 Å². The summed E-state index contributed by atoms with van der Waals surface area (Å²) in [4.78, 5) is 47.0. The number of amides is 2. The monoisotopic (exact) mass is 587 g/mol. The first kappa shape index (κ1) is 30.4. The van der Waals surface area contributed by atoms with Crippen LogP contribution in [0.15, 0.2) is 40.2 Å². The zero-order valence-corrected chi connectivity index (χ0v) is 23.5. The third-order valence-corrected chi connectivity index (χ3v) is 6.99. The van der Waals surface area contributed by atoms with E-state index in [1.54, 1.807) is 31.7 Å². The van der Waals surface area contributed by atoms with Gasteiger partial charge in [-0.3, -0.25) is 9.59 Å². The fraction of sp³-hybridized carbons (Fsp3) is 0.464. The molecule has 11 nitrogen and oxygen atoms in total. The van der Waals surface area contributed by atoms with Crippen LogP contribution < -0.4 is 16.6 Å². The number of likely N-dealkylation sites (tertiary alicyclic amines) is 1. The topological polar surface area (TPSA) is 157 Å². The second-order valence-electron chi connectivity index (χ2n) is 11.4. The predicted octanol–water partition coefficient (Wildman–Crippen LogP) is 4.03. The number of aliphatic imine (C=N–C) groups is 1. The summed E-state index contributed by atoms with van der Waals surface area (Å²) in [5.74, 6) is -0.897. The van der Waals surface area contributed by atoms with Crippen molar-refractivity contribution < 1.29 is 27.5 Å². The summed E-state index contributed by atoms with van der Waals surface area (Å²) in [6.45, 7) is 4.39. The van der Waals surface area contributed by atoms with Gasteiger partial charge >= 0.3 is 12.3 Å². The van der Waals surface area contributed by atoms with Gasteiger partial charge in [0.25, 0.3) is 11.5 Å². The van der Waals surface area contributed by atoms with Gasteiger partial charge in [-0.15, -0.1) is 0 Å². The Morgan fingerprint density at radius 1 is 1.21 bits per heavy atom. The maximum atomic E-state index is 12.9. The number of ether oxygens (including phenoxy) is 1. The molecule has 3 heterocycles. The Kier molecular flexibility index (Phi) is 8.25. The van der Waals surface area contributed by atoms with Crippen LogP contribution in [0, 0.1) is 11.3 Å². The highest BCUT2D eigenvalue weighted by Gasteiger charge is 2.39. The first-order valence-electron chi connectivity index (χ1n) is 13.3. The number of fused-ring (bicyclic) bond motifs is 1. The molecule has 1 aromatic heterocycles. The summed E-state index contributed by atoms with van der Waals surface area (Å²) in [6.07, 6.45) is -2.67. The van der Waals surface area contributed by atoms with Crippen LogP contribution in [0.4, 0.5) is 29.3 Å². The van der Waals surface area contributed by atoms with E-state index in [9.17, 15) is 32.8 Å². The average Bonchev–Trinajstić information content (AvgIpc) is 3.16. The van der Waals surface area contributed by atoms with Crippen molar-refractivity contribution in [3.05, 3.63) is 57.5 Å². The molecule has 4 rings (SSSR count). The summed E-state index contributed by atoms with van der Waals surface area (Å²) in [7, 11) is 0. The van der Waals surface area contributed by atoms with Crippen LogP contribution >= 0.6 is 0 Å². The molecular weight excluding hydrogens is 555 g/mol. The lowest BCUT2D eigenvalue weighted by atomic mass is 9.84. The number of piperidine rings is 1. The maximum Gasteiger partial charge on any atom is 0.410 e. The van der Waals surface area contributed by atoms with Gasteiger partial charge in [-0.25, -0.2) is 9.79 Å². The number of alkyl halides is 3. The molecule has 0 radical (unpaired) electrons. The van der Waals surface area contributed by atoms with Crippen molar-refractivity contribution in [2.24, 2.45) is 10.7 Å². The van der Waals surface area contributed by atoms with E-state index in [2.05, 4.69) is 21.4 Å². The normalized spacial score (nSPS) is 17.1. The summed E-state index contributed by atoms with van der Waals surface area (Å²) in [5, 5.41) is 12.9. The summed E-state index contributed by atoms with van der Waals surface area (Å²) in [5.41, 5.74) is 5.42. The number of carbonyl (C=O) groups excluding carboxylic acids is 2. The number of nitrogens with one attached hydrogen (secondary N) is 2. The molecular formula is C28H32F3N7O4. The zero-order chi connectivity index (χ0) is 30.9. The van der Waals surface area contributed by atoms with Crippen molar-refractivity contribution in [2.45, 2.75) is 63.9 Å². The number of nitrogens with zero attached hydrogens (tertiary/aromatic N) is 4. The smallest absolute Gasteiger partial charge is 0.410 e. The average molecular weight is 588 g/mol. The number of hydrogen-bond acceptors (Lipinski definition) is 7. The van der Waals surface area contributed by atoms with Crippen molar-refractivity contribution in [3.63, 3.8) is 0 Å². The fourth-order valence-electron chi connectivity index (χ4n) is 5.04. The number of nitriles is 1. The molecule has 0 saturated carbocycles. The van der Waals surface area contributed by atoms with Crippen LogP contribution in [-0.4, -0.2) is 69.6 Å². The number of benzene rings is 1. The molecule has 1 aromatic carbocycles. The van der Waals surface area contributed by atoms with Gasteiger partial charge in [-0.2, -0.15) is 18.4 Å². The second kappa shape index (κ2) is 11.4. The second-order valence-corrected chi connectivity index (χ2v) is 11.4. The Morgan fingerprint density at radius 2 is 1.90 bits per heavy atom. The SMILES string of the molecule is CC(C)(C)OC(=O)N1CCC(CC#N)(Nc2cc[nH]c(=O)c2C(N)=Nc2ccc3c(c2)CN(CC(F)(F)F)C3=O)CC1. The molecule has 1 saturated heterocycles. The van der Waals surface area contributed by atoms with Gasteiger partial charge in [0.1, 0.15) is 23.5 Å². The number of rotatable bonds is 6. The number of amidine groups is 1. The van der Waals surface area contributed by atoms with Gasteiger partial charge in [0, 0.05) is 31.4 Å². The number of pyridine rings is 1. The molecule has 0 unspecified atom stereocenters. The number of aromatic amines is 1. The molecule has 2 aliphatic heterocycles. The highest BCUT2D eigenvalue weighted by molar-refractivity contribution is 6.04.